The lowest BCUT2D eigenvalue weighted by atomic mass is 9.90. The summed E-state index contributed by atoms with van der Waals surface area (Å²) in [4.78, 5) is 5.05. The maximum Gasteiger partial charge on any atom is 0.0776 e. The molecule has 0 spiro atoms. The number of benzene rings is 2. The molecule has 1 aliphatic rings. The first-order valence-electron chi connectivity index (χ1n) is 8.04. The van der Waals surface area contributed by atoms with E-state index in [1.54, 1.807) is 7.11 Å². The minimum absolute atomic E-state index is 0.188. The van der Waals surface area contributed by atoms with Crippen LogP contribution in [0.25, 0.3) is 0 Å². The fourth-order valence-corrected chi connectivity index (χ4v) is 3.18. The average Bonchev–Trinajstić information content (AvgIpc) is 2.56. The Morgan fingerprint density at radius 2 is 1.77 bits per heavy atom. The van der Waals surface area contributed by atoms with Gasteiger partial charge in [-0.1, -0.05) is 54.6 Å². The van der Waals surface area contributed by atoms with E-state index in [1.165, 1.54) is 35.2 Å². The third kappa shape index (κ3) is 3.63. The molecule has 0 fully saturated rings. The second kappa shape index (κ2) is 7.37. The van der Waals surface area contributed by atoms with Crippen molar-refractivity contribution in [3.05, 3.63) is 71.3 Å². The van der Waals surface area contributed by atoms with E-state index < -0.39 is 0 Å². The number of hydrogen-bond donors (Lipinski definition) is 0. The topological polar surface area (TPSA) is 21.6 Å². The van der Waals surface area contributed by atoms with Gasteiger partial charge in [0, 0.05) is 12.8 Å². The summed E-state index contributed by atoms with van der Waals surface area (Å²) in [6.07, 6.45) is 4.37. The fourth-order valence-electron chi connectivity index (χ4n) is 3.18. The molecule has 0 aromatic heterocycles. The highest BCUT2D eigenvalue weighted by atomic mass is 16.5. The highest BCUT2D eigenvalue weighted by Crippen LogP contribution is 2.22. The Hall–Kier alpha value is -1.93. The molecule has 0 bridgehead atoms. The van der Waals surface area contributed by atoms with Gasteiger partial charge < -0.3 is 4.74 Å². The first-order chi connectivity index (χ1) is 10.9. The standard InChI is InChI=1S/C20H23NO/c1-22-15-18(14-16-8-3-2-4-9-16)21-20-13-7-11-17-10-5-6-12-19(17)20/h2-6,8-10,12,18H,7,11,13-15H2,1H3/t18-/m0/s1. The summed E-state index contributed by atoms with van der Waals surface area (Å²) in [6, 6.07) is 19.4. The van der Waals surface area contributed by atoms with Crippen molar-refractivity contribution in [2.45, 2.75) is 31.7 Å². The van der Waals surface area contributed by atoms with E-state index >= 15 is 0 Å². The minimum Gasteiger partial charge on any atom is -0.382 e. The smallest absolute Gasteiger partial charge is 0.0776 e. The largest absolute Gasteiger partial charge is 0.382 e. The molecule has 22 heavy (non-hydrogen) atoms. The molecule has 0 aliphatic heterocycles. The van der Waals surface area contributed by atoms with E-state index in [1.807, 2.05) is 0 Å². The Morgan fingerprint density at radius 1 is 1.00 bits per heavy atom. The number of hydrogen-bond acceptors (Lipinski definition) is 2. The molecule has 2 heteroatoms. The molecule has 2 aromatic rings. The van der Waals surface area contributed by atoms with Gasteiger partial charge >= 0.3 is 0 Å². The Labute approximate surface area is 132 Å². The molecule has 1 atom stereocenters. The summed E-state index contributed by atoms with van der Waals surface area (Å²) >= 11 is 0. The highest BCUT2D eigenvalue weighted by molar-refractivity contribution is 6.02. The number of fused-ring (bicyclic) bond motifs is 1. The van der Waals surface area contributed by atoms with Crippen LogP contribution in [0.4, 0.5) is 0 Å². The second-order valence-electron chi connectivity index (χ2n) is 5.89. The van der Waals surface area contributed by atoms with Crippen molar-refractivity contribution in [1.29, 1.82) is 0 Å². The van der Waals surface area contributed by atoms with Gasteiger partial charge in [-0.05, 0) is 42.4 Å². The van der Waals surface area contributed by atoms with E-state index in [2.05, 4.69) is 54.6 Å². The summed E-state index contributed by atoms with van der Waals surface area (Å²) in [7, 11) is 1.76. The van der Waals surface area contributed by atoms with Crippen LogP contribution in [0.2, 0.25) is 0 Å². The summed E-state index contributed by atoms with van der Waals surface area (Å²) in [5.74, 6) is 0. The summed E-state index contributed by atoms with van der Waals surface area (Å²) < 4.78 is 5.40. The lowest BCUT2D eigenvalue weighted by Gasteiger charge is -2.20. The van der Waals surface area contributed by atoms with Crippen molar-refractivity contribution in [3.63, 3.8) is 0 Å². The summed E-state index contributed by atoms with van der Waals surface area (Å²) in [5, 5.41) is 0. The zero-order valence-electron chi connectivity index (χ0n) is 13.2. The van der Waals surface area contributed by atoms with Gasteiger partial charge in [0.25, 0.3) is 0 Å². The van der Waals surface area contributed by atoms with Crippen LogP contribution in [0.1, 0.15) is 29.5 Å². The van der Waals surface area contributed by atoms with Gasteiger partial charge in [-0.15, -0.1) is 0 Å². The first kappa shape index (κ1) is 15.0. The lowest BCUT2D eigenvalue weighted by molar-refractivity contribution is 0.180. The van der Waals surface area contributed by atoms with Crippen molar-refractivity contribution >= 4 is 5.71 Å². The fraction of sp³-hybridized carbons (Fsp3) is 0.350. The number of rotatable bonds is 5. The molecular weight excluding hydrogens is 270 g/mol. The van der Waals surface area contributed by atoms with Crippen molar-refractivity contribution in [2.24, 2.45) is 4.99 Å². The van der Waals surface area contributed by atoms with Gasteiger partial charge in [0.1, 0.15) is 0 Å². The van der Waals surface area contributed by atoms with Crippen LogP contribution in [-0.4, -0.2) is 25.5 Å². The maximum absolute atomic E-state index is 5.40. The third-order valence-corrected chi connectivity index (χ3v) is 4.20. The Morgan fingerprint density at radius 3 is 2.59 bits per heavy atom. The van der Waals surface area contributed by atoms with Crippen LogP contribution in [0.5, 0.6) is 0 Å². The highest BCUT2D eigenvalue weighted by Gasteiger charge is 2.17. The first-order valence-corrected chi connectivity index (χ1v) is 8.04. The molecule has 114 valence electrons. The van der Waals surface area contributed by atoms with Crippen LogP contribution in [0.15, 0.2) is 59.6 Å². The molecule has 0 saturated carbocycles. The average molecular weight is 293 g/mol. The number of nitrogens with zero attached hydrogens (tertiary/aromatic N) is 1. The predicted octanol–water partition coefficient (Wildman–Crippen LogP) is 4.07. The van der Waals surface area contributed by atoms with E-state index in [0.717, 1.165) is 12.8 Å². The zero-order valence-corrected chi connectivity index (χ0v) is 13.2. The molecule has 0 amide bonds. The number of methoxy groups -OCH3 is 1. The summed E-state index contributed by atoms with van der Waals surface area (Å²) in [6.45, 7) is 0.667. The number of aliphatic imine (C=N–C) groups is 1. The van der Waals surface area contributed by atoms with Crippen LogP contribution < -0.4 is 0 Å². The third-order valence-electron chi connectivity index (χ3n) is 4.20. The van der Waals surface area contributed by atoms with E-state index in [9.17, 15) is 0 Å². The molecule has 3 rings (SSSR count). The quantitative estimate of drug-likeness (QED) is 0.814. The molecule has 1 aliphatic carbocycles. The van der Waals surface area contributed by atoms with Crippen LogP contribution in [-0.2, 0) is 17.6 Å². The lowest BCUT2D eigenvalue weighted by Crippen LogP contribution is -2.21. The SMILES string of the molecule is COC[C@H](Cc1ccccc1)N=C1CCCc2ccccc21. The van der Waals surface area contributed by atoms with E-state index in [-0.39, 0.29) is 6.04 Å². The van der Waals surface area contributed by atoms with Gasteiger partial charge in [0.2, 0.25) is 0 Å². The van der Waals surface area contributed by atoms with E-state index in [0.29, 0.717) is 6.61 Å². The maximum atomic E-state index is 5.40. The Kier molecular flexibility index (Phi) is 5.02. The van der Waals surface area contributed by atoms with Crippen molar-refractivity contribution in [1.82, 2.24) is 0 Å². The van der Waals surface area contributed by atoms with Crippen molar-refractivity contribution in [2.75, 3.05) is 13.7 Å². The van der Waals surface area contributed by atoms with Crippen LogP contribution >= 0.6 is 0 Å². The molecule has 0 N–H and O–H groups in total. The molecular formula is C20H23NO. The van der Waals surface area contributed by atoms with E-state index in [4.69, 9.17) is 9.73 Å². The van der Waals surface area contributed by atoms with Crippen LogP contribution in [0, 0.1) is 0 Å². The minimum atomic E-state index is 0.188. The predicted molar refractivity (Wildman–Crippen MR) is 91.7 cm³/mol. The molecule has 2 aromatic carbocycles. The normalized spacial score (nSPS) is 17.2. The molecule has 0 unspecified atom stereocenters. The number of ether oxygens (including phenoxy) is 1. The molecule has 0 saturated heterocycles. The van der Waals surface area contributed by atoms with Crippen molar-refractivity contribution < 1.29 is 4.74 Å². The molecule has 0 heterocycles. The van der Waals surface area contributed by atoms with Crippen LogP contribution in [0.3, 0.4) is 0 Å². The van der Waals surface area contributed by atoms with Gasteiger partial charge in [-0.2, -0.15) is 0 Å². The van der Waals surface area contributed by atoms with Gasteiger partial charge in [0.05, 0.1) is 12.6 Å². The summed E-state index contributed by atoms with van der Waals surface area (Å²) in [5.41, 5.74) is 5.34. The Bertz CT molecular complexity index is 633. The monoisotopic (exact) mass is 293 g/mol. The Balaban J connectivity index is 1.84. The van der Waals surface area contributed by atoms with Gasteiger partial charge in [-0.3, -0.25) is 4.99 Å². The van der Waals surface area contributed by atoms with Crippen molar-refractivity contribution in [3.8, 4) is 0 Å². The van der Waals surface area contributed by atoms with Gasteiger partial charge in [0.15, 0.2) is 0 Å². The molecule has 0 radical (unpaired) electrons. The second-order valence-corrected chi connectivity index (χ2v) is 5.89. The number of aryl methyl sites for hydroxylation is 1. The molecule has 2 nitrogen and oxygen atoms in total. The van der Waals surface area contributed by atoms with Gasteiger partial charge in [-0.25, -0.2) is 0 Å². The zero-order chi connectivity index (χ0) is 15.2.